The summed E-state index contributed by atoms with van der Waals surface area (Å²) in [6, 6.07) is 0. The van der Waals surface area contributed by atoms with Gasteiger partial charge < -0.3 is 9.13 Å². The molecule has 0 unspecified atom stereocenters. The minimum absolute atomic E-state index is 0.279. The van der Waals surface area contributed by atoms with Crippen LogP contribution in [0.2, 0.25) is 0 Å². The Labute approximate surface area is 86.1 Å². The van der Waals surface area contributed by atoms with Crippen molar-refractivity contribution in [2.24, 2.45) is 7.05 Å². The van der Waals surface area contributed by atoms with Gasteiger partial charge in [0.25, 0.3) is 0 Å². The molecule has 0 amide bonds. The molecule has 1 heterocycles. The Morgan fingerprint density at radius 3 is 2.64 bits per heavy atom. The van der Waals surface area contributed by atoms with Gasteiger partial charge in [0.15, 0.2) is 0 Å². The SMILES string of the molecule is C=C(CCl)Cn1ccn(C)c(=O)c1=O. The van der Waals surface area contributed by atoms with Crippen LogP contribution in [0.4, 0.5) is 0 Å². The number of allylic oxidation sites excluding steroid dienone is 1. The number of rotatable bonds is 3. The average molecular weight is 215 g/mol. The summed E-state index contributed by atoms with van der Waals surface area (Å²) in [7, 11) is 1.53. The molecule has 1 aromatic heterocycles. The lowest BCUT2D eigenvalue weighted by atomic mass is 10.3. The van der Waals surface area contributed by atoms with Crippen LogP contribution < -0.4 is 11.1 Å². The van der Waals surface area contributed by atoms with Gasteiger partial charge >= 0.3 is 11.1 Å². The molecule has 76 valence electrons. The molecule has 14 heavy (non-hydrogen) atoms. The van der Waals surface area contributed by atoms with Crippen molar-refractivity contribution >= 4 is 11.6 Å². The van der Waals surface area contributed by atoms with Gasteiger partial charge in [-0.3, -0.25) is 9.59 Å². The second-order valence-electron chi connectivity index (χ2n) is 3.03. The molecule has 1 rings (SSSR count). The number of hydrogen-bond donors (Lipinski definition) is 0. The van der Waals surface area contributed by atoms with Crippen molar-refractivity contribution in [3.8, 4) is 0 Å². The Kier molecular flexibility index (Phi) is 3.30. The highest BCUT2D eigenvalue weighted by Crippen LogP contribution is 1.95. The summed E-state index contributed by atoms with van der Waals surface area (Å²) in [4.78, 5) is 22.6. The molecular formula is C9H11ClN2O2. The first kappa shape index (κ1) is 10.8. The maximum atomic E-state index is 11.4. The van der Waals surface area contributed by atoms with Crippen molar-refractivity contribution in [2.75, 3.05) is 5.88 Å². The quantitative estimate of drug-likeness (QED) is 0.414. The van der Waals surface area contributed by atoms with Crippen LogP contribution in [0.25, 0.3) is 0 Å². The van der Waals surface area contributed by atoms with Crippen LogP contribution in [-0.2, 0) is 13.6 Å². The second-order valence-corrected chi connectivity index (χ2v) is 3.30. The third kappa shape index (κ3) is 2.14. The van der Waals surface area contributed by atoms with Crippen molar-refractivity contribution < 1.29 is 0 Å². The number of nitrogens with zero attached hydrogens (tertiary/aromatic N) is 2. The Morgan fingerprint density at radius 2 is 2.07 bits per heavy atom. The number of aromatic nitrogens is 2. The van der Waals surface area contributed by atoms with E-state index in [-0.39, 0.29) is 5.88 Å². The highest BCUT2D eigenvalue weighted by Gasteiger charge is 2.02. The molecule has 0 aliphatic carbocycles. The van der Waals surface area contributed by atoms with Gasteiger partial charge in [0, 0.05) is 31.9 Å². The first-order valence-electron chi connectivity index (χ1n) is 4.05. The van der Waals surface area contributed by atoms with Gasteiger partial charge in [-0.2, -0.15) is 0 Å². The first-order chi connectivity index (χ1) is 6.56. The summed E-state index contributed by atoms with van der Waals surface area (Å²) in [5, 5.41) is 0. The Hall–Kier alpha value is -1.29. The van der Waals surface area contributed by atoms with Crippen molar-refractivity contribution in [3.63, 3.8) is 0 Å². The van der Waals surface area contributed by atoms with E-state index in [0.29, 0.717) is 12.1 Å². The first-order valence-corrected chi connectivity index (χ1v) is 4.58. The van der Waals surface area contributed by atoms with Crippen molar-refractivity contribution in [1.82, 2.24) is 9.13 Å². The fraction of sp³-hybridized carbons (Fsp3) is 0.333. The third-order valence-electron chi connectivity index (χ3n) is 1.82. The second kappa shape index (κ2) is 4.28. The van der Waals surface area contributed by atoms with E-state index in [1.807, 2.05) is 0 Å². The summed E-state index contributed by atoms with van der Waals surface area (Å²) < 4.78 is 2.54. The predicted octanol–water partition coefficient (Wildman–Crippen LogP) is 0.342. The van der Waals surface area contributed by atoms with Gasteiger partial charge in [-0.1, -0.05) is 6.58 Å². The highest BCUT2D eigenvalue weighted by atomic mass is 35.5. The van der Waals surface area contributed by atoms with Gasteiger partial charge in [0.2, 0.25) is 0 Å². The van der Waals surface area contributed by atoms with E-state index < -0.39 is 11.1 Å². The zero-order valence-electron chi connectivity index (χ0n) is 7.86. The molecular weight excluding hydrogens is 204 g/mol. The standard InChI is InChI=1S/C9H11ClN2O2/c1-7(5-10)6-12-4-3-11(2)8(13)9(12)14/h3-4H,1,5-6H2,2H3. The smallest absolute Gasteiger partial charge is 0.312 e. The Bertz CT molecular complexity index is 459. The lowest BCUT2D eigenvalue weighted by Gasteiger charge is -2.05. The molecule has 0 spiro atoms. The van der Waals surface area contributed by atoms with Crippen molar-refractivity contribution in [1.29, 1.82) is 0 Å². The molecule has 0 bridgehead atoms. The molecule has 0 aliphatic rings. The van der Waals surface area contributed by atoms with Crippen LogP contribution in [0.5, 0.6) is 0 Å². The minimum atomic E-state index is -0.554. The van der Waals surface area contributed by atoms with E-state index in [9.17, 15) is 9.59 Å². The van der Waals surface area contributed by atoms with Gasteiger partial charge in [0.1, 0.15) is 0 Å². The zero-order valence-corrected chi connectivity index (χ0v) is 8.62. The van der Waals surface area contributed by atoms with Crippen LogP contribution in [0.1, 0.15) is 0 Å². The summed E-state index contributed by atoms with van der Waals surface area (Å²) in [6.45, 7) is 3.95. The van der Waals surface area contributed by atoms with Crippen LogP contribution in [0.15, 0.2) is 34.1 Å². The summed E-state index contributed by atoms with van der Waals surface area (Å²) in [6.07, 6.45) is 3.08. The van der Waals surface area contributed by atoms with Gasteiger partial charge in [0.05, 0.1) is 0 Å². The fourth-order valence-electron chi connectivity index (χ4n) is 0.997. The number of halogens is 1. The van der Waals surface area contributed by atoms with E-state index in [1.54, 1.807) is 6.20 Å². The molecule has 0 atom stereocenters. The molecule has 4 nitrogen and oxygen atoms in total. The highest BCUT2D eigenvalue weighted by molar-refractivity contribution is 6.19. The predicted molar refractivity (Wildman–Crippen MR) is 55.8 cm³/mol. The molecule has 0 saturated carbocycles. The van der Waals surface area contributed by atoms with Gasteiger partial charge in [-0.05, 0) is 5.57 Å². The average Bonchev–Trinajstić information content (AvgIpc) is 2.19. The molecule has 0 aromatic carbocycles. The van der Waals surface area contributed by atoms with E-state index >= 15 is 0 Å². The van der Waals surface area contributed by atoms with E-state index in [0.717, 1.165) is 0 Å². The third-order valence-corrected chi connectivity index (χ3v) is 2.20. The molecule has 0 saturated heterocycles. The normalized spacial score (nSPS) is 10.1. The van der Waals surface area contributed by atoms with E-state index in [2.05, 4.69) is 6.58 Å². The summed E-state index contributed by atoms with van der Waals surface area (Å²) in [5.74, 6) is 0.279. The Morgan fingerprint density at radius 1 is 1.43 bits per heavy atom. The molecule has 0 aliphatic heterocycles. The van der Waals surface area contributed by atoms with Crippen LogP contribution in [0, 0.1) is 0 Å². The molecule has 0 N–H and O–H groups in total. The lowest BCUT2D eigenvalue weighted by Crippen LogP contribution is -2.39. The number of hydrogen-bond acceptors (Lipinski definition) is 2. The lowest BCUT2D eigenvalue weighted by molar-refractivity contribution is 0.690. The maximum absolute atomic E-state index is 11.4. The van der Waals surface area contributed by atoms with E-state index in [1.165, 1.54) is 22.4 Å². The number of alkyl halides is 1. The largest absolute Gasteiger partial charge is 0.316 e. The molecule has 0 radical (unpaired) electrons. The fourth-order valence-corrected chi connectivity index (χ4v) is 1.08. The minimum Gasteiger partial charge on any atom is -0.312 e. The van der Waals surface area contributed by atoms with Crippen molar-refractivity contribution in [2.45, 2.75) is 6.54 Å². The van der Waals surface area contributed by atoms with Gasteiger partial charge in [-0.15, -0.1) is 11.6 Å². The summed E-state index contributed by atoms with van der Waals surface area (Å²) in [5.41, 5.74) is -0.404. The van der Waals surface area contributed by atoms with E-state index in [4.69, 9.17) is 11.6 Å². The zero-order chi connectivity index (χ0) is 10.7. The Balaban J connectivity index is 3.13. The molecule has 0 fully saturated rings. The van der Waals surface area contributed by atoms with Gasteiger partial charge in [-0.25, -0.2) is 0 Å². The maximum Gasteiger partial charge on any atom is 0.316 e. The van der Waals surface area contributed by atoms with Crippen LogP contribution in [0.3, 0.4) is 0 Å². The monoisotopic (exact) mass is 214 g/mol. The van der Waals surface area contributed by atoms with Crippen LogP contribution in [-0.4, -0.2) is 15.0 Å². The summed E-state index contributed by atoms with van der Waals surface area (Å²) >= 11 is 5.53. The molecule has 5 heteroatoms. The number of aryl methyl sites for hydroxylation is 1. The van der Waals surface area contributed by atoms with Crippen LogP contribution >= 0.6 is 11.6 Å². The molecule has 1 aromatic rings. The topological polar surface area (TPSA) is 44.0 Å². The van der Waals surface area contributed by atoms with Crippen molar-refractivity contribution in [3.05, 3.63) is 45.3 Å².